The Kier molecular flexibility index (Phi) is 3.96. The maximum absolute atomic E-state index is 6.04. The molecule has 2 N–H and O–H groups in total. The van der Waals surface area contributed by atoms with Crippen LogP contribution in [-0.2, 0) is 0 Å². The van der Waals surface area contributed by atoms with Crippen LogP contribution in [0.4, 0.5) is 5.69 Å². The van der Waals surface area contributed by atoms with Crippen molar-refractivity contribution in [2.24, 2.45) is 11.1 Å². The lowest BCUT2D eigenvalue weighted by Gasteiger charge is -2.38. The van der Waals surface area contributed by atoms with Crippen LogP contribution in [0.15, 0.2) is 24.3 Å². The lowest BCUT2D eigenvalue weighted by molar-refractivity contribution is 0.280. The lowest BCUT2D eigenvalue weighted by atomic mass is 9.82. The minimum atomic E-state index is 0.180. The Labute approximate surface area is 111 Å². The third-order valence-corrected chi connectivity index (χ3v) is 4.24. The molecule has 1 aliphatic heterocycles. The summed E-state index contributed by atoms with van der Waals surface area (Å²) in [6, 6.07) is 9.00. The second kappa shape index (κ2) is 5.31. The predicted molar refractivity (Wildman–Crippen MR) is 78.9 cm³/mol. The van der Waals surface area contributed by atoms with E-state index in [-0.39, 0.29) is 6.04 Å². The number of benzene rings is 1. The standard InChI is InChI=1S/C16H26N2/c1-4-15(17)13-5-7-14(8-6-13)18-11-9-16(2,3)10-12-18/h5-8,15H,4,9-12,17H2,1-3H3/t15-/m0/s1. The van der Waals surface area contributed by atoms with Gasteiger partial charge in [-0.1, -0.05) is 32.9 Å². The Morgan fingerprint density at radius 3 is 2.22 bits per heavy atom. The van der Waals surface area contributed by atoms with Crippen molar-refractivity contribution < 1.29 is 0 Å². The molecule has 0 saturated carbocycles. The van der Waals surface area contributed by atoms with Crippen LogP contribution in [0.5, 0.6) is 0 Å². The highest BCUT2D eigenvalue weighted by Crippen LogP contribution is 2.32. The van der Waals surface area contributed by atoms with Crippen molar-refractivity contribution in [3.8, 4) is 0 Å². The topological polar surface area (TPSA) is 29.3 Å². The van der Waals surface area contributed by atoms with E-state index < -0.39 is 0 Å². The second-order valence-corrected chi connectivity index (χ2v) is 6.26. The molecule has 1 aliphatic rings. The first kappa shape index (κ1) is 13.4. The molecule has 1 aromatic carbocycles. The molecule has 0 spiro atoms. The molecule has 2 rings (SSSR count). The number of nitrogens with zero attached hydrogens (tertiary/aromatic N) is 1. The molecule has 2 nitrogen and oxygen atoms in total. The lowest BCUT2D eigenvalue weighted by Crippen LogP contribution is -2.37. The van der Waals surface area contributed by atoms with Gasteiger partial charge in [0.1, 0.15) is 0 Å². The number of hydrogen-bond donors (Lipinski definition) is 1. The van der Waals surface area contributed by atoms with Gasteiger partial charge in [0.25, 0.3) is 0 Å². The summed E-state index contributed by atoms with van der Waals surface area (Å²) in [6.45, 7) is 9.21. The van der Waals surface area contributed by atoms with Crippen molar-refractivity contribution >= 4 is 5.69 Å². The van der Waals surface area contributed by atoms with Gasteiger partial charge in [-0.3, -0.25) is 0 Å². The van der Waals surface area contributed by atoms with Gasteiger partial charge >= 0.3 is 0 Å². The maximum atomic E-state index is 6.04. The van der Waals surface area contributed by atoms with E-state index in [1.165, 1.54) is 37.2 Å². The van der Waals surface area contributed by atoms with E-state index in [1.54, 1.807) is 0 Å². The fourth-order valence-corrected chi connectivity index (χ4v) is 2.54. The van der Waals surface area contributed by atoms with Crippen molar-refractivity contribution in [2.75, 3.05) is 18.0 Å². The molecule has 0 radical (unpaired) electrons. The van der Waals surface area contributed by atoms with Crippen LogP contribution >= 0.6 is 0 Å². The molecular weight excluding hydrogens is 220 g/mol. The molecule has 100 valence electrons. The van der Waals surface area contributed by atoms with Crippen LogP contribution in [0.3, 0.4) is 0 Å². The van der Waals surface area contributed by atoms with Crippen LogP contribution in [0, 0.1) is 5.41 Å². The molecule has 2 heteroatoms. The number of anilines is 1. The zero-order valence-corrected chi connectivity index (χ0v) is 11.9. The first-order valence-electron chi connectivity index (χ1n) is 7.12. The Bertz CT molecular complexity index is 371. The Morgan fingerprint density at radius 1 is 1.17 bits per heavy atom. The van der Waals surface area contributed by atoms with E-state index in [0.29, 0.717) is 5.41 Å². The largest absolute Gasteiger partial charge is 0.371 e. The highest BCUT2D eigenvalue weighted by atomic mass is 15.1. The summed E-state index contributed by atoms with van der Waals surface area (Å²) < 4.78 is 0. The average molecular weight is 246 g/mol. The van der Waals surface area contributed by atoms with Crippen LogP contribution in [-0.4, -0.2) is 13.1 Å². The predicted octanol–water partition coefficient (Wildman–Crippen LogP) is 3.72. The Hall–Kier alpha value is -1.02. The number of rotatable bonds is 3. The first-order chi connectivity index (χ1) is 8.52. The minimum absolute atomic E-state index is 0.180. The molecule has 18 heavy (non-hydrogen) atoms. The fourth-order valence-electron chi connectivity index (χ4n) is 2.54. The summed E-state index contributed by atoms with van der Waals surface area (Å²) in [5.41, 5.74) is 9.15. The zero-order chi connectivity index (χ0) is 13.2. The third kappa shape index (κ3) is 3.05. The van der Waals surface area contributed by atoms with E-state index in [9.17, 15) is 0 Å². The number of nitrogens with two attached hydrogens (primary N) is 1. The molecular formula is C16H26N2. The van der Waals surface area contributed by atoms with E-state index in [4.69, 9.17) is 5.73 Å². The van der Waals surface area contributed by atoms with E-state index in [2.05, 4.69) is 49.9 Å². The molecule has 1 atom stereocenters. The van der Waals surface area contributed by atoms with Crippen molar-refractivity contribution in [3.63, 3.8) is 0 Å². The second-order valence-electron chi connectivity index (χ2n) is 6.26. The number of piperidine rings is 1. The maximum Gasteiger partial charge on any atom is 0.0366 e. The molecule has 1 aromatic rings. The van der Waals surface area contributed by atoms with Gasteiger partial charge in [-0.05, 0) is 42.4 Å². The molecule has 0 amide bonds. The molecule has 1 saturated heterocycles. The van der Waals surface area contributed by atoms with Gasteiger partial charge in [-0.15, -0.1) is 0 Å². The molecule has 0 aliphatic carbocycles. The molecule has 0 unspecified atom stereocenters. The SMILES string of the molecule is CC[C@H](N)c1ccc(N2CCC(C)(C)CC2)cc1. The summed E-state index contributed by atoms with van der Waals surface area (Å²) >= 11 is 0. The van der Waals surface area contributed by atoms with Gasteiger partial charge in [0, 0.05) is 24.8 Å². The summed E-state index contributed by atoms with van der Waals surface area (Å²) in [4.78, 5) is 2.49. The van der Waals surface area contributed by atoms with Gasteiger partial charge in [0.05, 0.1) is 0 Å². The molecule has 1 heterocycles. The van der Waals surface area contributed by atoms with Gasteiger partial charge in [-0.25, -0.2) is 0 Å². The van der Waals surface area contributed by atoms with Gasteiger partial charge < -0.3 is 10.6 Å². The van der Waals surface area contributed by atoms with Crippen molar-refractivity contribution in [3.05, 3.63) is 29.8 Å². The minimum Gasteiger partial charge on any atom is -0.371 e. The van der Waals surface area contributed by atoms with Gasteiger partial charge in [0.15, 0.2) is 0 Å². The summed E-state index contributed by atoms with van der Waals surface area (Å²) in [5, 5.41) is 0. The van der Waals surface area contributed by atoms with Crippen LogP contribution < -0.4 is 10.6 Å². The van der Waals surface area contributed by atoms with E-state index in [1.807, 2.05) is 0 Å². The molecule has 0 aromatic heterocycles. The van der Waals surface area contributed by atoms with Crippen LogP contribution in [0.2, 0.25) is 0 Å². The highest BCUT2D eigenvalue weighted by Gasteiger charge is 2.25. The summed E-state index contributed by atoms with van der Waals surface area (Å²) in [6.07, 6.45) is 3.56. The monoisotopic (exact) mass is 246 g/mol. The quantitative estimate of drug-likeness (QED) is 0.880. The molecule has 0 bridgehead atoms. The third-order valence-electron chi connectivity index (χ3n) is 4.24. The first-order valence-corrected chi connectivity index (χ1v) is 7.12. The van der Waals surface area contributed by atoms with Crippen molar-refractivity contribution in [2.45, 2.75) is 46.1 Å². The van der Waals surface area contributed by atoms with E-state index in [0.717, 1.165) is 6.42 Å². The van der Waals surface area contributed by atoms with Gasteiger partial charge in [-0.2, -0.15) is 0 Å². The smallest absolute Gasteiger partial charge is 0.0366 e. The molecule has 1 fully saturated rings. The van der Waals surface area contributed by atoms with Gasteiger partial charge in [0.2, 0.25) is 0 Å². The Balaban J connectivity index is 2.02. The number of hydrogen-bond acceptors (Lipinski definition) is 2. The zero-order valence-electron chi connectivity index (χ0n) is 11.9. The van der Waals surface area contributed by atoms with Crippen LogP contribution in [0.1, 0.15) is 51.6 Å². The normalized spacial score (nSPS) is 20.8. The Morgan fingerprint density at radius 2 is 1.72 bits per heavy atom. The van der Waals surface area contributed by atoms with E-state index >= 15 is 0 Å². The van der Waals surface area contributed by atoms with Crippen molar-refractivity contribution in [1.82, 2.24) is 0 Å². The van der Waals surface area contributed by atoms with Crippen molar-refractivity contribution in [1.29, 1.82) is 0 Å². The average Bonchev–Trinajstić information content (AvgIpc) is 2.38. The van der Waals surface area contributed by atoms with Crippen LogP contribution in [0.25, 0.3) is 0 Å². The fraction of sp³-hybridized carbons (Fsp3) is 0.625. The highest BCUT2D eigenvalue weighted by molar-refractivity contribution is 5.48. The summed E-state index contributed by atoms with van der Waals surface area (Å²) in [7, 11) is 0. The summed E-state index contributed by atoms with van der Waals surface area (Å²) in [5.74, 6) is 0.